The van der Waals surface area contributed by atoms with Gasteiger partial charge >= 0.3 is 6.61 Å². The molecule has 1 rings (SSSR count). The number of pyridine rings is 1. The Kier molecular flexibility index (Phi) is 4.07. The Labute approximate surface area is 101 Å². The number of nitrogens with zero attached hydrogens (tertiary/aromatic N) is 1. The molecule has 0 N–H and O–H groups in total. The molecule has 0 aromatic carbocycles. The first-order valence-corrected chi connectivity index (χ1v) is 5.67. The van der Waals surface area contributed by atoms with Crippen molar-refractivity contribution < 1.29 is 13.5 Å². The van der Waals surface area contributed by atoms with Gasteiger partial charge in [0, 0.05) is 11.8 Å². The molecule has 1 aromatic heterocycles. The smallest absolute Gasteiger partial charge is 0.388 e. The average Bonchev–Trinajstić information content (AvgIpc) is 2.14. The van der Waals surface area contributed by atoms with E-state index in [0.717, 1.165) is 11.1 Å². The maximum atomic E-state index is 12.4. The third-order valence-corrected chi connectivity index (χ3v) is 2.52. The summed E-state index contributed by atoms with van der Waals surface area (Å²) in [4.78, 5) is 3.93. The Morgan fingerprint density at radius 1 is 1.24 bits per heavy atom. The fourth-order valence-corrected chi connectivity index (χ4v) is 1.87. The van der Waals surface area contributed by atoms with Crippen LogP contribution in [0, 0.1) is 0 Å². The lowest BCUT2D eigenvalue weighted by Crippen LogP contribution is -2.19. The highest BCUT2D eigenvalue weighted by Gasteiger charge is 2.26. The van der Waals surface area contributed by atoms with Crippen LogP contribution in [-0.2, 0) is 5.41 Å². The maximum absolute atomic E-state index is 12.4. The van der Waals surface area contributed by atoms with Crippen molar-refractivity contribution >= 4 is 0 Å². The summed E-state index contributed by atoms with van der Waals surface area (Å²) in [6, 6.07) is 1.86. The molecule has 0 unspecified atom stereocenters. The molecule has 4 heteroatoms. The monoisotopic (exact) mass is 243 g/mol. The fourth-order valence-electron chi connectivity index (χ4n) is 1.87. The van der Waals surface area contributed by atoms with Gasteiger partial charge in [-0.3, -0.25) is 0 Å². The molecule has 0 saturated heterocycles. The molecule has 0 aliphatic carbocycles. The number of halogens is 2. The van der Waals surface area contributed by atoms with Crippen LogP contribution in [0.4, 0.5) is 8.78 Å². The van der Waals surface area contributed by atoms with E-state index >= 15 is 0 Å². The van der Waals surface area contributed by atoms with E-state index < -0.39 is 6.61 Å². The predicted octanol–water partition coefficient (Wildman–Crippen LogP) is 4.10. The van der Waals surface area contributed by atoms with E-state index in [0.29, 0.717) is 0 Å². The Morgan fingerprint density at radius 2 is 1.82 bits per heavy atom. The summed E-state index contributed by atoms with van der Waals surface area (Å²) < 4.78 is 29.2. The van der Waals surface area contributed by atoms with Crippen molar-refractivity contribution in [1.29, 1.82) is 0 Å². The van der Waals surface area contributed by atoms with Crippen LogP contribution < -0.4 is 4.74 Å². The topological polar surface area (TPSA) is 22.1 Å². The van der Waals surface area contributed by atoms with E-state index in [9.17, 15) is 8.78 Å². The molecule has 0 saturated carbocycles. The number of ether oxygens (including phenoxy) is 1. The number of alkyl halides is 2. The van der Waals surface area contributed by atoms with E-state index in [-0.39, 0.29) is 17.2 Å². The highest BCUT2D eigenvalue weighted by Crippen LogP contribution is 2.36. The van der Waals surface area contributed by atoms with Crippen LogP contribution in [0.2, 0.25) is 0 Å². The first-order chi connectivity index (χ1) is 7.73. The molecule has 17 heavy (non-hydrogen) atoms. The summed E-state index contributed by atoms with van der Waals surface area (Å²) in [7, 11) is 0. The molecule has 0 atom stereocenters. The van der Waals surface area contributed by atoms with E-state index in [1.54, 1.807) is 0 Å². The van der Waals surface area contributed by atoms with E-state index in [1.807, 2.05) is 40.7 Å². The fraction of sp³-hybridized carbons (Fsp3) is 0.615. The van der Waals surface area contributed by atoms with Gasteiger partial charge in [-0.15, -0.1) is 0 Å². The molecule has 1 heterocycles. The molecule has 0 spiro atoms. The number of hydrogen-bond donors (Lipinski definition) is 0. The molecule has 0 aliphatic rings. The number of hydrogen-bond acceptors (Lipinski definition) is 2. The molecule has 2 nitrogen and oxygen atoms in total. The first kappa shape index (κ1) is 13.9. The molecule has 0 aliphatic heterocycles. The van der Waals surface area contributed by atoms with Gasteiger partial charge in [-0.05, 0) is 23.0 Å². The van der Waals surface area contributed by atoms with Gasteiger partial charge in [-0.25, -0.2) is 4.98 Å². The van der Waals surface area contributed by atoms with Crippen LogP contribution in [0.25, 0.3) is 0 Å². The van der Waals surface area contributed by atoms with Gasteiger partial charge in [0.1, 0.15) is 0 Å². The van der Waals surface area contributed by atoms with E-state index in [1.165, 1.54) is 6.20 Å². The Bertz CT molecular complexity index is 383. The van der Waals surface area contributed by atoms with Crippen LogP contribution in [0.1, 0.15) is 51.7 Å². The highest BCUT2D eigenvalue weighted by molar-refractivity contribution is 5.41. The normalized spacial score (nSPS) is 12.3. The quantitative estimate of drug-likeness (QED) is 0.797. The van der Waals surface area contributed by atoms with Gasteiger partial charge in [-0.2, -0.15) is 8.78 Å². The summed E-state index contributed by atoms with van der Waals surface area (Å²) in [6.07, 6.45) is 1.52. The maximum Gasteiger partial charge on any atom is 0.388 e. The Hall–Kier alpha value is -1.19. The zero-order valence-electron chi connectivity index (χ0n) is 10.9. The Morgan fingerprint density at radius 3 is 2.24 bits per heavy atom. The molecule has 0 radical (unpaired) electrons. The minimum absolute atomic E-state index is 0.0405. The zero-order valence-corrected chi connectivity index (χ0v) is 10.9. The summed E-state index contributed by atoms with van der Waals surface area (Å²) >= 11 is 0. The zero-order chi connectivity index (χ0) is 13.2. The second-order valence-electron chi connectivity index (χ2n) is 5.36. The molecule has 0 bridgehead atoms. The van der Waals surface area contributed by atoms with Crippen molar-refractivity contribution in [2.24, 2.45) is 0 Å². The summed E-state index contributed by atoms with van der Waals surface area (Å²) in [6.45, 7) is 7.11. The van der Waals surface area contributed by atoms with Gasteiger partial charge in [-0.1, -0.05) is 34.6 Å². The van der Waals surface area contributed by atoms with Crippen molar-refractivity contribution in [3.05, 3.63) is 23.4 Å². The SMILES string of the molecule is CC(C)c1ccnc(OC(F)F)c1C(C)(C)C. The lowest BCUT2D eigenvalue weighted by molar-refractivity contribution is -0.0540. The first-order valence-electron chi connectivity index (χ1n) is 5.67. The second-order valence-corrected chi connectivity index (χ2v) is 5.36. The molecule has 0 fully saturated rings. The summed E-state index contributed by atoms with van der Waals surface area (Å²) in [5.41, 5.74) is 1.48. The molecule has 0 amide bonds. The van der Waals surface area contributed by atoms with Crippen LogP contribution >= 0.6 is 0 Å². The van der Waals surface area contributed by atoms with Crippen molar-refractivity contribution in [3.8, 4) is 5.88 Å². The van der Waals surface area contributed by atoms with Crippen LogP contribution in [0.15, 0.2) is 12.3 Å². The Balaban J connectivity index is 3.35. The van der Waals surface area contributed by atoms with Crippen molar-refractivity contribution in [2.75, 3.05) is 0 Å². The molecular formula is C13H19F2NO. The second kappa shape index (κ2) is 4.98. The van der Waals surface area contributed by atoms with E-state index in [4.69, 9.17) is 0 Å². The van der Waals surface area contributed by atoms with E-state index in [2.05, 4.69) is 9.72 Å². The summed E-state index contributed by atoms with van der Waals surface area (Å²) in [5, 5.41) is 0. The highest BCUT2D eigenvalue weighted by atomic mass is 19.3. The lowest BCUT2D eigenvalue weighted by atomic mass is 9.81. The molecular weight excluding hydrogens is 224 g/mol. The van der Waals surface area contributed by atoms with Gasteiger partial charge in [0.05, 0.1) is 0 Å². The van der Waals surface area contributed by atoms with Gasteiger partial charge in [0.2, 0.25) is 5.88 Å². The van der Waals surface area contributed by atoms with Crippen molar-refractivity contribution in [1.82, 2.24) is 4.98 Å². The average molecular weight is 243 g/mol. The minimum Gasteiger partial charge on any atom is -0.417 e. The third-order valence-electron chi connectivity index (χ3n) is 2.52. The summed E-state index contributed by atoms with van der Waals surface area (Å²) in [5.74, 6) is 0.283. The van der Waals surface area contributed by atoms with Crippen LogP contribution in [-0.4, -0.2) is 11.6 Å². The van der Waals surface area contributed by atoms with Crippen LogP contribution in [0.5, 0.6) is 5.88 Å². The van der Waals surface area contributed by atoms with Crippen molar-refractivity contribution in [3.63, 3.8) is 0 Å². The molecule has 96 valence electrons. The number of rotatable bonds is 3. The van der Waals surface area contributed by atoms with Gasteiger partial charge in [0.25, 0.3) is 0 Å². The third kappa shape index (κ3) is 3.38. The number of aromatic nitrogens is 1. The standard InChI is InChI=1S/C13H19F2NO/c1-8(2)9-6-7-16-11(17-12(14)15)10(9)13(3,4)5/h6-8,12H,1-5H3. The van der Waals surface area contributed by atoms with Crippen LogP contribution in [0.3, 0.4) is 0 Å². The lowest BCUT2D eigenvalue weighted by Gasteiger charge is -2.26. The predicted molar refractivity (Wildman–Crippen MR) is 63.7 cm³/mol. The van der Waals surface area contributed by atoms with Gasteiger partial charge in [0.15, 0.2) is 0 Å². The van der Waals surface area contributed by atoms with Crippen molar-refractivity contribution in [2.45, 2.75) is 52.6 Å². The van der Waals surface area contributed by atoms with Gasteiger partial charge < -0.3 is 4.74 Å². The molecule has 1 aromatic rings. The minimum atomic E-state index is -2.84. The largest absolute Gasteiger partial charge is 0.417 e.